The lowest BCUT2D eigenvalue weighted by atomic mass is 9.74. The van der Waals surface area contributed by atoms with Gasteiger partial charge in [-0.2, -0.15) is 0 Å². The topological polar surface area (TPSA) is 0 Å². The zero-order chi connectivity index (χ0) is 9.19. The van der Waals surface area contributed by atoms with E-state index in [1.54, 1.807) is 5.57 Å². The van der Waals surface area contributed by atoms with E-state index in [1.807, 2.05) is 0 Å². The van der Waals surface area contributed by atoms with E-state index in [9.17, 15) is 0 Å². The number of hydrogen-bond donors (Lipinski definition) is 0. The number of hydrogen-bond acceptors (Lipinski definition) is 0. The minimum absolute atomic E-state index is 0.423. The monoisotopic (exact) mass is 164 g/mol. The second-order valence-electron chi connectivity index (χ2n) is 4.70. The maximum atomic E-state index is 2.33. The van der Waals surface area contributed by atoms with Crippen LogP contribution in [0.2, 0.25) is 0 Å². The summed E-state index contributed by atoms with van der Waals surface area (Å²) in [7, 11) is 0. The van der Waals surface area contributed by atoms with Crippen LogP contribution in [0.4, 0.5) is 0 Å². The summed E-state index contributed by atoms with van der Waals surface area (Å²) in [5.41, 5.74) is 2.04. The molecule has 1 unspecified atom stereocenters. The first-order valence-electron chi connectivity index (χ1n) is 4.91. The molecular weight excluding hydrogens is 144 g/mol. The van der Waals surface area contributed by atoms with Crippen molar-refractivity contribution < 1.29 is 0 Å². The van der Waals surface area contributed by atoms with Gasteiger partial charge in [0.05, 0.1) is 0 Å². The smallest absolute Gasteiger partial charge is 0.0130 e. The Bertz CT molecular complexity index is 201. The highest BCUT2D eigenvalue weighted by Crippen LogP contribution is 2.37. The summed E-state index contributed by atoms with van der Waals surface area (Å²) in [5.74, 6) is 0.757. The largest absolute Gasteiger partial charge is 0.0805 e. The van der Waals surface area contributed by atoms with Gasteiger partial charge < -0.3 is 0 Å². The first kappa shape index (κ1) is 9.57. The molecule has 0 bridgehead atoms. The lowest BCUT2D eigenvalue weighted by Gasteiger charge is -2.31. The molecule has 0 fully saturated rings. The molecule has 0 heterocycles. The molecule has 0 radical (unpaired) electrons. The van der Waals surface area contributed by atoms with E-state index in [4.69, 9.17) is 0 Å². The van der Waals surface area contributed by atoms with Crippen molar-refractivity contribution in [3.63, 3.8) is 0 Å². The fourth-order valence-electron chi connectivity index (χ4n) is 2.15. The van der Waals surface area contributed by atoms with Crippen LogP contribution in [0.15, 0.2) is 23.8 Å². The lowest BCUT2D eigenvalue weighted by Crippen LogP contribution is -2.21. The second kappa shape index (κ2) is 3.47. The molecule has 1 aliphatic carbocycles. The predicted octanol–water partition coefficient (Wildman–Crippen LogP) is 3.95. The van der Waals surface area contributed by atoms with Crippen molar-refractivity contribution in [1.29, 1.82) is 0 Å². The third kappa shape index (κ3) is 2.00. The standard InChI is InChI=1S/C12H20/c1-5-11(12(2,3)4)10-8-6-7-9-10/h6-8,11H,5,9H2,1-4H3. The predicted molar refractivity (Wildman–Crippen MR) is 55.1 cm³/mol. The molecular formula is C12H20. The molecule has 0 heteroatoms. The van der Waals surface area contributed by atoms with Crippen molar-refractivity contribution in [3.8, 4) is 0 Å². The van der Waals surface area contributed by atoms with Crippen molar-refractivity contribution >= 4 is 0 Å². The highest BCUT2D eigenvalue weighted by Gasteiger charge is 2.25. The first-order chi connectivity index (χ1) is 5.55. The Morgan fingerprint density at radius 2 is 2.08 bits per heavy atom. The summed E-state index contributed by atoms with van der Waals surface area (Å²) in [6.07, 6.45) is 9.17. The van der Waals surface area contributed by atoms with E-state index < -0.39 is 0 Å². The van der Waals surface area contributed by atoms with Gasteiger partial charge in [-0.25, -0.2) is 0 Å². The minimum Gasteiger partial charge on any atom is -0.0805 e. The van der Waals surface area contributed by atoms with Crippen LogP contribution in [0, 0.1) is 11.3 Å². The Labute approximate surface area is 76.4 Å². The molecule has 0 N–H and O–H groups in total. The molecule has 1 aliphatic rings. The summed E-state index contributed by atoms with van der Waals surface area (Å²) in [5, 5.41) is 0. The van der Waals surface area contributed by atoms with E-state index in [0.29, 0.717) is 5.41 Å². The highest BCUT2D eigenvalue weighted by atomic mass is 14.3. The summed E-state index contributed by atoms with van der Waals surface area (Å²) in [6, 6.07) is 0. The Morgan fingerprint density at radius 1 is 1.42 bits per heavy atom. The molecule has 0 amide bonds. The van der Waals surface area contributed by atoms with Crippen molar-refractivity contribution in [1.82, 2.24) is 0 Å². The first-order valence-corrected chi connectivity index (χ1v) is 4.91. The average molecular weight is 164 g/mol. The third-order valence-electron chi connectivity index (χ3n) is 2.70. The Morgan fingerprint density at radius 3 is 2.42 bits per heavy atom. The summed E-state index contributed by atoms with van der Waals surface area (Å²) in [4.78, 5) is 0. The van der Waals surface area contributed by atoms with Crippen molar-refractivity contribution in [2.45, 2.75) is 40.5 Å². The molecule has 0 saturated carbocycles. The van der Waals surface area contributed by atoms with Crippen LogP contribution >= 0.6 is 0 Å². The summed E-state index contributed by atoms with van der Waals surface area (Å²) in [6.45, 7) is 9.29. The van der Waals surface area contributed by atoms with Gasteiger partial charge in [-0.1, -0.05) is 51.5 Å². The van der Waals surface area contributed by atoms with Gasteiger partial charge >= 0.3 is 0 Å². The fourth-order valence-corrected chi connectivity index (χ4v) is 2.15. The molecule has 1 rings (SSSR count). The van der Waals surface area contributed by atoms with E-state index in [-0.39, 0.29) is 0 Å². The minimum atomic E-state index is 0.423. The third-order valence-corrected chi connectivity index (χ3v) is 2.70. The maximum Gasteiger partial charge on any atom is -0.0130 e. The van der Waals surface area contributed by atoms with Crippen molar-refractivity contribution in [3.05, 3.63) is 23.8 Å². The molecule has 0 aromatic heterocycles. The normalized spacial score (nSPS) is 19.5. The van der Waals surface area contributed by atoms with Crippen LogP contribution in [0.1, 0.15) is 40.5 Å². The molecule has 0 spiro atoms. The SMILES string of the molecule is CCC(C1=CC=CC1)C(C)(C)C. The highest BCUT2D eigenvalue weighted by molar-refractivity contribution is 5.26. The quantitative estimate of drug-likeness (QED) is 0.580. The van der Waals surface area contributed by atoms with E-state index >= 15 is 0 Å². The maximum absolute atomic E-state index is 2.33. The van der Waals surface area contributed by atoms with Crippen LogP contribution in [0.25, 0.3) is 0 Å². The molecule has 1 atom stereocenters. The van der Waals surface area contributed by atoms with E-state index in [2.05, 4.69) is 45.9 Å². The van der Waals surface area contributed by atoms with Gasteiger partial charge in [0.15, 0.2) is 0 Å². The Kier molecular flexibility index (Phi) is 2.76. The molecule has 0 aromatic rings. The Balaban J connectivity index is 2.70. The van der Waals surface area contributed by atoms with Crippen molar-refractivity contribution in [2.24, 2.45) is 11.3 Å². The molecule has 0 nitrogen and oxygen atoms in total. The second-order valence-corrected chi connectivity index (χ2v) is 4.70. The van der Waals surface area contributed by atoms with Gasteiger partial charge in [0.25, 0.3) is 0 Å². The van der Waals surface area contributed by atoms with Crippen LogP contribution in [0.3, 0.4) is 0 Å². The Hall–Kier alpha value is -0.520. The number of allylic oxidation sites excluding steroid dienone is 4. The van der Waals surface area contributed by atoms with Gasteiger partial charge in [-0.3, -0.25) is 0 Å². The lowest BCUT2D eigenvalue weighted by molar-refractivity contribution is 0.270. The summed E-state index contributed by atoms with van der Waals surface area (Å²) < 4.78 is 0. The van der Waals surface area contributed by atoms with Gasteiger partial charge in [-0.15, -0.1) is 0 Å². The molecule has 12 heavy (non-hydrogen) atoms. The van der Waals surface area contributed by atoms with E-state index in [1.165, 1.54) is 12.8 Å². The van der Waals surface area contributed by atoms with Gasteiger partial charge in [0.1, 0.15) is 0 Å². The number of rotatable bonds is 2. The van der Waals surface area contributed by atoms with Crippen molar-refractivity contribution in [2.75, 3.05) is 0 Å². The van der Waals surface area contributed by atoms with Gasteiger partial charge in [-0.05, 0) is 24.2 Å². The fraction of sp³-hybridized carbons (Fsp3) is 0.667. The molecule has 68 valence electrons. The molecule has 0 aliphatic heterocycles. The molecule has 0 aromatic carbocycles. The van der Waals surface area contributed by atoms with Gasteiger partial charge in [0.2, 0.25) is 0 Å². The van der Waals surface area contributed by atoms with Crippen LogP contribution < -0.4 is 0 Å². The van der Waals surface area contributed by atoms with Crippen LogP contribution in [0.5, 0.6) is 0 Å². The zero-order valence-electron chi connectivity index (χ0n) is 8.72. The average Bonchev–Trinajstić information content (AvgIpc) is 2.38. The molecule has 0 saturated heterocycles. The van der Waals surface area contributed by atoms with Gasteiger partial charge in [0, 0.05) is 0 Å². The zero-order valence-corrected chi connectivity index (χ0v) is 8.72. The summed E-state index contributed by atoms with van der Waals surface area (Å²) >= 11 is 0. The van der Waals surface area contributed by atoms with Crippen LogP contribution in [-0.4, -0.2) is 0 Å². The van der Waals surface area contributed by atoms with Crippen LogP contribution in [-0.2, 0) is 0 Å². The van der Waals surface area contributed by atoms with E-state index in [0.717, 1.165) is 5.92 Å².